The van der Waals surface area contributed by atoms with Crippen LogP contribution >= 0.6 is 11.6 Å². The lowest BCUT2D eigenvalue weighted by Gasteiger charge is -2.04. The fourth-order valence-corrected chi connectivity index (χ4v) is 2.42. The van der Waals surface area contributed by atoms with Crippen molar-refractivity contribution in [1.29, 1.82) is 0 Å². The number of nitrogens with one attached hydrogen (secondary N) is 2. The third-order valence-electron chi connectivity index (χ3n) is 3.34. The molecule has 1 aliphatic heterocycles. The number of halogens is 3. The van der Waals surface area contributed by atoms with Crippen LogP contribution in [0.4, 0.5) is 14.7 Å². The summed E-state index contributed by atoms with van der Waals surface area (Å²) in [5.74, 6) is -0.445. The van der Waals surface area contributed by atoms with E-state index >= 15 is 0 Å². The average Bonchev–Trinajstić information content (AvgIpc) is 3.01. The molecule has 4 rings (SSSR count). The quantitative estimate of drug-likeness (QED) is 0.736. The van der Waals surface area contributed by atoms with Crippen molar-refractivity contribution in [2.45, 2.75) is 6.29 Å². The van der Waals surface area contributed by atoms with Gasteiger partial charge < -0.3 is 14.5 Å². The zero-order valence-electron chi connectivity index (χ0n) is 11.8. The van der Waals surface area contributed by atoms with E-state index < -0.39 is 12.2 Å². The minimum atomic E-state index is -3.69. The number of carbonyl (C=O) groups excluding carboxylic acids is 1. The van der Waals surface area contributed by atoms with Gasteiger partial charge in [-0.2, -0.15) is 0 Å². The van der Waals surface area contributed by atoms with Crippen molar-refractivity contribution in [3.05, 3.63) is 47.0 Å². The van der Waals surface area contributed by atoms with E-state index in [2.05, 4.69) is 24.8 Å². The second-order valence-electron chi connectivity index (χ2n) is 5.03. The highest BCUT2D eigenvalue weighted by molar-refractivity contribution is 6.30. The monoisotopic (exact) mass is 351 g/mol. The van der Waals surface area contributed by atoms with Gasteiger partial charge in [-0.05, 0) is 24.3 Å². The number of carbonyl (C=O) groups is 1. The van der Waals surface area contributed by atoms with Gasteiger partial charge in [0.05, 0.1) is 11.0 Å². The summed E-state index contributed by atoms with van der Waals surface area (Å²) in [5.41, 5.74) is 1.16. The molecule has 0 radical (unpaired) electrons. The number of aromatic amines is 1. The third-order valence-corrected chi connectivity index (χ3v) is 3.60. The molecule has 0 unspecified atom stereocenters. The van der Waals surface area contributed by atoms with E-state index in [0.717, 1.165) is 0 Å². The molecule has 6 nitrogen and oxygen atoms in total. The molecule has 24 heavy (non-hydrogen) atoms. The van der Waals surface area contributed by atoms with Crippen molar-refractivity contribution in [3.63, 3.8) is 0 Å². The topological polar surface area (TPSA) is 76.2 Å². The Bertz CT molecular complexity index is 912. The molecule has 0 atom stereocenters. The molecule has 0 saturated heterocycles. The van der Waals surface area contributed by atoms with E-state index in [-0.39, 0.29) is 17.4 Å². The molecular weight excluding hydrogens is 344 g/mol. The first-order valence-corrected chi connectivity index (χ1v) is 7.14. The van der Waals surface area contributed by atoms with Gasteiger partial charge >= 0.3 is 6.29 Å². The summed E-state index contributed by atoms with van der Waals surface area (Å²) in [7, 11) is 0. The molecule has 2 N–H and O–H groups in total. The second kappa shape index (κ2) is 5.07. The van der Waals surface area contributed by atoms with Gasteiger partial charge in [0.25, 0.3) is 5.91 Å². The molecule has 122 valence electrons. The second-order valence-corrected chi connectivity index (χ2v) is 5.47. The van der Waals surface area contributed by atoms with E-state index in [1.165, 1.54) is 12.1 Å². The Balaban J connectivity index is 1.60. The van der Waals surface area contributed by atoms with E-state index in [4.69, 9.17) is 11.6 Å². The number of aromatic nitrogens is 2. The summed E-state index contributed by atoms with van der Waals surface area (Å²) >= 11 is 5.77. The predicted molar refractivity (Wildman–Crippen MR) is 81.7 cm³/mol. The van der Waals surface area contributed by atoms with Crippen LogP contribution in [0.5, 0.6) is 11.5 Å². The Kier molecular flexibility index (Phi) is 3.10. The van der Waals surface area contributed by atoms with Crippen LogP contribution in [0.25, 0.3) is 11.0 Å². The smallest absolute Gasteiger partial charge is 0.395 e. The number of ether oxygens (including phenoxy) is 2. The largest absolute Gasteiger partial charge is 0.586 e. The van der Waals surface area contributed by atoms with Crippen LogP contribution in [0.2, 0.25) is 5.02 Å². The molecule has 1 amide bonds. The summed E-state index contributed by atoms with van der Waals surface area (Å²) in [6, 6.07) is 8.96. The maximum atomic E-state index is 13.0. The van der Waals surface area contributed by atoms with Crippen LogP contribution < -0.4 is 14.8 Å². The molecule has 0 aliphatic carbocycles. The van der Waals surface area contributed by atoms with Crippen LogP contribution in [-0.4, -0.2) is 22.2 Å². The Morgan fingerprint density at radius 3 is 2.54 bits per heavy atom. The van der Waals surface area contributed by atoms with E-state index in [1.807, 2.05) is 0 Å². The standard InChI is InChI=1S/C15H8ClF2N3O3/c16-8-3-1-7(2-4-8)13(22)21-14-19-9-5-11-12(6-10(9)20-14)24-15(17,18)23-11/h1-6H,(H2,19,20,21,22). The molecule has 3 aromatic rings. The molecule has 1 aliphatic rings. The van der Waals surface area contributed by atoms with Crippen LogP contribution in [0.1, 0.15) is 10.4 Å². The number of rotatable bonds is 2. The maximum absolute atomic E-state index is 13.0. The van der Waals surface area contributed by atoms with E-state index in [1.54, 1.807) is 24.3 Å². The molecule has 2 aromatic carbocycles. The van der Waals surface area contributed by atoms with Gasteiger partial charge in [-0.3, -0.25) is 10.1 Å². The molecule has 0 saturated carbocycles. The van der Waals surface area contributed by atoms with Crippen LogP contribution in [0, 0.1) is 0 Å². The van der Waals surface area contributed by atoms with Crippen molar-refractivity contribution in [2.75, 3.05) is 5.32 Å². The predicted octanol–water partition coefficient (Wildman–Crippen LogP) is 3.79. The van der Waals surface area contributed by atoms with Crippen molar-refractivity contribution in [2.24, 2.45) is 0 Å². The number of hydrogen-bond donors (Lipinski definition) is 2. The lowest BCUT2D eigenvalue weighted by molar-refractivity contribution is -0.286. The number of amides is 1. The van der Waals surface area contributed by atoms with Gasteiger partial charge in [-0.1, -0.05) is 11.6 Å². The highest BCUT2D eigenvalue weighted by atomic mass is 35.5. The summed E-state index contributed by atoms with van der Waals surface area (Å²) in [4.78, 5) is 19.1. The number of nitrogens with zero attached hydrogens (tertiary/aromatic N) is 1. The number of alkyl halides is 2. The lowest BCUT2D eigenvalue weighted by atomic mass is 10.2. The lowest BCUT2D eigenvalue weighted by Crippen LogP contribution is -2.25. The number of imidazole rings is 1. The van der Waals surface area contributed by atoms with Crippen LogP contribution in [0.15, 0.2) is 36.4 Å². The number of hydrogen-bond acceptors (Lipinski definition) is 4. The summed E-state index contributed by atoms with van der Waals surface area (Å²) in [6.45, 7) is 0. The first-order chi connectivity index (χ1) is 11.4. The number of H-pyrrole nitrogens is 1. The number of fused-ring (bicyclic) bond motifs is 2. The van der Waals surface area contributed by atoms with Crippen molar-refractivity contribution in [3.8, 4) is 11.5 Å². The molecular formula is C15H8ClF2N3O3. The molecule has 0 spiro atoms. The zero-order valence-corrected chi connectivity index (χ0v) is 12.5. The van der Waals surface area contributed by atoms with Crippen molar-refractivity contribution < 1.29 is 23.0 Å². The average molecular weight is 352 g/mol. The van der Waals surface area contributed by atoms with Gasteiger partial charge in [0.2, 0.25) is 5.95 Å². The third kappa shape index (κ3) is 2.61. The minimum absolute atomic E-state index is 0.105. The molecule has 0 bridgehead atoms. The van der Waals surface area contributed by atoms with Crippen LogP contribution in [-0.2, 0) is 0 Å². The van der Waals surface area contributed by atoms with Gasteiger partial charge in [0.15, 0.2) is 11.5 Å². The Labute approximate surface area is 138 Å². The first-order valence-electron chi connectivity index (χ1n) is 6.76. The normalized spacial score (nSPS) is 14.8. The fourth-order valence-electron chi connectivity index (χ4n) is 2.29. The highest BCUT2D eigenvalue weighted by Gasteiger charge is 2.43. The highest BCUT2D eigenvalue weighted by Crippen LogP contribution is 2.42. The molecule has 2 heterocycles. The van der Waals surface area contributed by atoms with Crippen molar-refractivity contribution in [1.82, 2.24) is 9.97 Å². The van der Waals surface area contributed by atoms with E-state index in [0.29, 0.717) is 21.6 Å². The van der Waals surface area contributed by atoms with Crippen molar-refractivity contribution >= 4 is 34.5 Å². The first kappa shape index (κ1) is 14.7. The molecule has 9 heteroatoms. The van der Waals surface area contributed by atoms with Gasteiger partial charge in [-0.25, -0.2) is 4.98 Å². The maximum Gasteiger partial charge on any atom is 0.586 e. The van der Waals surface area contributed by atoms with Crippen LogP contribution in [0.3, 0.4) is 0 Å². The van der Waals surface area contributed by atoms with E-state index in [9.17, 15) is 13.6 Å². The Morgan fingerprint density at radius 2 is 1.83 bits per heavy atom. The summed E-state index contributed by atoms with van der Waals surface area (Å²) in [6.07, 6.45) is -3.69. The van der Waals surface area contributed by atoms with Gasteiger partial charge in [-0.15, -0.1) is 8.78 Å². The van der Waals surface area contributed by atoms with Gasteiger partial charge in [0, 0.05) is 22.7 Å². The Hall–Kier alpha value is -2.87. The zero-order chi connectivity index (χ0) is 16.9. The molecule has 0 fully saturated rings. The SMILES string of the molecule is O=C(Nc1nc2cc3c(cc2[nH]1)OC(F)(F)O3)c1ccc(Cl)cc1. The summed E-state index contributed by atoms with van der Waals surface area (Å²) < 4.78 is 34.8. The minimum Gasteiger partial charge on any atom is -0.395 e. The Morgan fingerprint density at radius 1 is 1.17 bits per heavy atom. The van der Waals surface area contributed by atoms with Gasteiger partial charge in [0.1, 0.15) is 0 Å². The molecule has 1 aromatic heterocycles. The fraction of sp³-hybridized carbons (Fsp3) is 0.0667. The number of benzene rings is 2. The summed E-state index contributed by atoms with van der Waals surface area (Å²) in [5, 5.41) is 3.10. The number of anilines is 1.